The fourth-order valence-electron chi connectivity index (χ4n) is 4.33. The van der Waals surface area contributed by atoms with Gasteiger partial charge in [0.05, 0.1) is 16.7 Å². The molecule has 0 radical (unpaired) electrons. The first kappa shape index (κ1) is 28.5. The second-order valence-electron chi connectivity index (χ2n) is 9.15. The first-order valence-corrected chi connectivity index (χ1v) is 13.1. The van der Waals surface area contributed by atoms with Gasteiger partial charge in [0.1, 0.15) is 17.7 Å². The zero-order valence-corrected chi connectivity index (χ0v) is 22.5. The highest BCUT2D eigenvalue weighted by Crippen LogP contribution is 2.35. The van der Waals surface area contributed by atoms with Gasteiger partial charge in [-0.15, -0.1) is 0 Å². The maximum atomic E-state index is 13.2. The van der Waals surface area contributed by atoms with Crippen molar-refractivity contribution in [2.75, 3.05) is 6.61 Å². The Morgan fingerprint density at radius 1 is 0.738 bits per heavy atom. The highest BCUT2D eigenvalue weighted by molar-refractivity contribution is 6.30. The van der Waals surface area contributed by atoms with Crippen LogP contribution in [0, 0.1) is 0 Å². The Hall–Kier alpha value is -5.00. The molecule has 1 fully saturated rings. The highest BCUT2D eigenvalue weighted by Gasteiger charge is 2.51. The number of hydrogen-bond donors (Lipinski definition) is 1. The Kier molecular flexibility index (Phi) is 8.60. The van der Waals surface area contributed by atoms with E-state index in [4.69, 9.17) is 30.5 Å². The normalized spacial score (nSPS) is 19.5. The molecule has 1 aliphatic rings. The second-order valence-corrected chi connectivity index (χ2v) is 9.55. The van der Waals surface area contributed by atoms with Crippen molar-refractivity contribution in [2.45, 2.75) is 24.5 Å². The lowest BCUT2D eigenvalue weighted by Gasteiger charge is -2.25. The van der Waals surface area contributed by atoms with Gasteiger partial charge >= 0.3 is 23.6 Å². The van der Waals surface area contributed by atoms with Crippen molar-refractivity contribution in [1.29, 1.82) is 0 Å². The summed E-state index contributed by atoms with van der Waals surface area (Å²) in [7, 11) is 0. The van der Waals surface area contributed by atoms with Crippen molar-refractivity contribution in [3.05, 3.63) is 140 Å². The summed E-state index contributed by atoms with van der Waals surface area (Å²) in [6, 6.07) is 24.2. The maximum absolute atomic E-state index is 13.2. The smallest absolute Gasteiger partial charge is 0.338 e. The molecule has 0 saturated carbocycles. The SMILES string of the molecule is O=C(OC[C@H]1O[C@H](n2cc(Cl)c(=O)[nH]c2=O)[C@@H](OC(=O)c2ccccc2)[C@@H]1OC(=O)c1ccccc1)c1ccccc1. The van der Waals surface area contributed by atoms with Gasteiger partial charge in [-0.25, -0.2) is 19.2 Å². The van der Waals surface area contributed by atoms with E-state index < -0.39 is 60.3 Å². The van der Waals surface area contributed by atoms with E-state index in [-0.39, 0.29) is 21.7 Å². The third-order valence-corrected chi connectivity index (χ3v) is 6.65. The van der Waals surface area contributed by atoms with Gasteiger partial charge in [-0.05, 0) is 36.4 Å². The number of nitrogens with zero attached hydrogens (tertiary/aromatic N) is 1. The van der Waals surface area contributed by atoms with E-state index in [0.717, 1.165) is 10.8 Å². The lowest BCUT2D eigenvalue weighted by Crippen LogP contribution is -2.43. The molecular weight excluding hydrogens is 568 g/mol. The number of hydrogen-bond acceptors (Lipinski definition) is 9. The van der Waals surface area contributed by atoms with Gasteiger partial charge in [0, 0.05) is 6.20 Å². The number of H-pyrrole nitrogens is 1. The Bertz CT molecular complexity index is 1690. The van der Waals surface area contributed by atoms with Crippen LogP contribution in [0.4, 0.5) is 0 Å². The molecule has 3 aromatic carbocycles. The number of ether oxygens (including phenoxy) is 4. The van der Waals surface area contributed by atoms with Gasteiger partial charge in [0.15, 0.2) is 18.4 Å². The van der Waals surface area contributed by atoms with Crippen molar-refractivity contribution in [3.8, 4) is 0 Å². The summed E-state index contributed by atoms with van der Waals surface area (Å²) < 4.78 is 24.0. The highest BCUT2D eigenvalue weighted by atomic mass is 35.5. The summed E-state index contributed by atoms with van der Waals surface area (Å²) in [6.45, 7) is -0.442. The Morgan fingerprint density at radius 3 is 1.74 bits per heavy atom. The summed E-state index contributed by atoms with van der Waals surface area (Å²) in [5, 5.41) is -0.344. The summed E-state index contributed by atoms with van der Waals surface area (Å²) in [4.78, 5) is 65.8. The topological polar surface area (TPSA) is 143 Å². The number of benzene rings is 3. The largest absolute Gasteiger partial charge is 0.459 e. The average Bonchev–Trinajstić information content (AvgIpc) is 3.34. The molecule has 0 unspecified atom stereocenters. The van der Waals surface area contributed by atoms with Gasteiger partial charge in [-0.2, -0.15) is 0 Å². The molecule has 1 saturated heterocycles. The minimum absolute atomic E-state index is 0.176. The lowest BCUT2D eigenvalue weighted by molar-refractivity contribution is -0.0640. The Labute approximate surface area is 243 Å². The van der Waals surface area contributed by atoms with Crippen LogP contribution in [0.25, 0.3) is 0 Å². The number of aromatic amines is 1. The quantitative estimate of drug-likeness (QED) is 0.241. The third-order valence-electron chi connectivity index (χ3n) is 6.38. The molecule has 5 rings (SSSR count). The molecular formula is C30H23ClN2O9. The van der Waals surface area contributed by atoms with Crippen molar-refractivity contribution >= 4 is 29.5 Å². The molecule has 0 bridgehead atoms. The van der Waals surface area contributed by atoms with E-state index >= 15 is 0 Å². The molecule has 2 heterocycles. The van der Waals surface area contributed by atoms with Crippen molar-refractivity contribution in [1.82, 2.24) is 9.55 Å². The van der Waals surface area contributed by atoms with Crippen LogP contribution in [0.1, 0.15) is 37.3 Å². The van der Waals surface area contributed by atoms with Crippen LogP contribution < -0.4 is 11.2 Å². The number of aromatic nitrogens is 2. The van der Waals surface area contributed by atoms with Gasteiger partial charge in [0.25, 0.3) is 5.56 Å². The third kappa shape index (κ3) is 6.32. The molecule has 0 amide bonds. The summed E-state index contributed by atoms with van der Waals surface area (Å²) in [5.74, 6) is -2.27. The zero-order valence-electron chi connectivity index (χ0n) is 21.8. The number of rotatable bonds is 8. The van der Waals surface area contributed by atoms with Crippen LogP contribution in [0.2, 0.25) is 5.02 Å². The van der Waals surface area contributed by atoms with Crippen LogP contribution in [0.5, 0.6) is 0 Å². The second kappa shape index (κ2) is 12.7. The first-order chi connectivity index (χ1) is 20.3. The minimum atomic E-state index is -1.44. The Morgan fingerprint density at radius 2 is 1.21 bits per heavy atom. The van der Waals surface area contributed by atoms with Crippen LogP contribution in [-0.2, 0) is 18.9 Å². The molecule has 4 aromatic rings. The molecule has 12 heteroatoms. The number of nitrogens with one attached hydrogen (secondary N) is 1. The van der Waals surface area contributed by atoms with Crippen LogP contribution in [0.15, 0.2) is 107 Å². The summed E-state index contributed by atoms with van der Waals surface area (Å²) in [6.07, 6.45) is -4.43. The molecule has 42 heavy (non-hydrogen) atoms. The standard InChI is InChI=1S/C30H23ClN2O9/c31-21-16-33(30(38)32-25(21)34)26-24(42-29(37)20-14-8-3-9-15-20)23(41-28(36)19-12-6-2-7-13-19)22(40-26)17-39-27(35)18-10-4-1-5-11-18/h1-16,22-24,26H,17H2,(H,32,34,38)/t22-,23-,24+,26+/m1/s1. The van der Waals surface area contributed by atoms with Gasteiger partial charge in [0.2, 0.25) is 0 Å². The molecule has 0 spiro atoms. The van der Waals surface area contributed by atoms with Gasteiger partial charge in [-0.3, -0.25) is 14.3 Å². The van der Waals surface area contributed by atoms with Crippen LogP contribution in [0.3, 0.4) is 0 Å². The van der Waals surface area contributed by atoms with Crippen molar-refractivity contribution in [3.63, 3.8) is 0 Å². The Balaban J connectivity index is 1.52. The monoisotopic (exact) mass is 590 g/mol. The number of carbonyl (C=O) groups excluding carboxylic acids is 3. The average molecular weight is 591 g/mol. The van der Waals surface area contributed by atoms with Crippen LogP contribution in [-0.4, -0.2) is 52.4 Å². The summed E-state index contributed by atoms with van der Waals surface area (Å²) >= 11 is 6.00. The summed E-state index contributed by atoms with van der Waals surface area (Å²) in [5.41, 5.74) is -1.13. The predicted molar refractivity (Wildman–Crippen MR) is 148 cm³/mol. The van der Waals surface area contributed by atoms with E-state index in [1.165, 1.54) is 24.3 Å². The number of carbonyl (C=O) groups is 3. The predicted octanol–water partition coefficient (Wildman–Crippen LogP) is 3.40. The van der Waals surface area contributed by atoms with Gasteiger partial charge < -0.3 is 18.9 Å². The van der Waals surface area contributed by atoms with E-state index in [1.807, 2.05) is 0 Å². The van der Waals surface area contributed by atoms with Crippen molar-refractivity contribution in [2.24, 2.45) is 0 Å². The first-order valence-electron chi connectivity index (χ1n) is 12.7. The number of esters is 3. The van der Waals surface area contributed by atoms with E-state index in [2.05, 4.69) is 4.98 Å². The van der Waals surface area contributed by atoms with Crippen molar-refractivity contribution < 1.29 is 33.3 Å². The molecule has 4 atom stereocenters. The van der Waals surface area contributed by atoms with Gasteiger partial charge in [-0.1, -0.05) is 66.2 Å². The van der Waals surface area contributed by atoms with E-state index in [0.29, 0.717) is 0 Å². The van der Waals surface area contributed by atoms with E-state index in [9.17, 15) is 24.0 Å². The minimum Gasteiger partial charge on any atom is -0.459 e. The molecule has 11 nitrogen and oxygen atoms in total. The van der Waals surface area contributed by atoms with E-state index in [1.54, 1.807) is 66.7 Å². The zero-order chi connectivity index (χ0) is 29.6. The fourth-order valence-corrected chi connectivity index (χ4v) is 4.48. The lowest BCUT2D eigenvalue weighted by atomic mass is 10.1. The molecule has 1 N–H and O–H groups in total. The molecule has 0 aliphatic carbocycles. The fraction of sp³-hybridized carbons (Fsp3) is 0.167. The maximum Gasteiger partial charge on any atom is 0.338 e. The molecule has 1 aliphatic heterocycles. The number of halogens is 1. The molecule has 214 valence electrons. The van der Waals surface area contributed by atoms with Crippen LogP contribution >= 0.6 is 11.6 Å². The molecule has 1 aromatic heterocycles.